The highest BCUT2D eigenvalue weighted by Gasteiger charge is 2.08. The normalized spacial score (nSPS) is 10.9. The van der Waals surface area contributed by atoms with Gasteiger partial charge in [0.25, 0.3) is 0 Å². The van der Waals surface area contributed by atoms with Gasteiger partial charge in [-0.15, -0.1) is 0 Å². The Morgan fingerprint density at radius 3 is 2.23 bits per heavy atom. The van der Waals surface area contributed by atoms with Crippen LogP contribution in [-0.4, -0.2) is 5.71 Å². The lowest BCUT2D eigenvalue weighted by Crippen LogP contribution is -2.24. The number of hydrogen-bond acceptors (Lipinski definition) is 5. The molecule has 1 rings (SSSR count). The average molecular weight is 200 g/mol. The lowest BCUT2D eigenvalue weighted by molar-refractivity contribution is -0.308. The average Bonchev–Trinajstić information content (AvgIpc) is 2.04. The van der Waals surface area contributed by atoms with Gasteiger partial charge in [0.1, 0.15) is 5.75 Å². The lowest BCUT2D eigenvalue weighted by atomic mass is 10.3. The van der Waals surface area contributed by atoms with E-state index in [-0.39, 0.29) is 5.75 Å². The summed E-state index contributed by atoms with van der Waals surface area (Å²) in [5.74, 6) is 0.0272. The van der Waals surface area contributed by atoms with Crippen molar-refractivity contribution in [2.75, 3.05) is 0 Å². The minimum absolute atomic E-state index is 0.0272. The molecule has 0 unspecified atom stereocenters. The van der Waals surface area contributed by atoms with Crippen molar-refractivity contribution in [1.82, 2.24) is 0 Å². The van der Waals surface area contributed by atoms with Crippen LogP contribution in [0.1, 0.15) is 0 Å². The van der Waals surface area contributed by atoms with Gasteiger partial charge in [0, 0.05) is 7.60 Å². The van der Waals surface area contributed by atoms with E-state index in [0.29, 0.717) is 0 Å². The van der Waals surface area contributed by atoms with Crippen LogP contribution >= 0.6 is 7.60 Å². The predicted octanol–water partition coefficient (Wildman–Crippen LogP) is 0.0991. The van der Waals surface area contributed by atoms with Crippen LogP contribution in [0.2, 0.25) is 0 Å². The number of rotatable bonds is 2. The van der Waals surface area contributed by atoms with Crippen LogP contribution in [0.3, 0.4) is 0 Å². The number of carbonyl (C=O) groups excluding carboxylic acids is 1. The van der Waals surface area contributed by atoms with Gasteiger partial charge in [-0.1, -0.05) is 18.2 Å². The Kier molecular flexibility index (Phi) is 2.83. The summed E-state index contributed by atoms with van der Waals surface area (Å²) in [6, 6.07) is 7.48. The van der Waals surface area contributed by atoms with Crippen molar-refractivity contribution in [2.24, 2.45) is 0 Å². The van der Waals surface area contributed by atoms with E-state index in [0.717, 1.165) is 0 Å². The van der Waals surface area contributed by atoms with Gasteiger partial charge in [0.05, 0.1) is 0 Å². The van der Waals surface area contributed by atoms with Crippen molar-refractivity contribution in [3.63, 3.8) is 0 Å². The first-order chi connectivity index (χ1) is 6.00. The lowest BCUT2D eigenvalue weighted by Gasteiger charge is -2.25. The SMILES string of the molecule is O=C(Oc1ccccc1)P(=O)([O-])[O-]. The van der Waals surface area contributed by atoms with E-state index in [1.807, 2.05) is 0 Å². The zero-order chi connectivity index (χ0) is 9.90. The molecule has 0 aliphatic carbocycles. The molecule has 0 aromatic heterocycles. The number of para-hydroxylation sites is 1. The summed E-state index contributed by atoms with van der Waals surface area (Å²) in [5, 5.41) is 0. The molecule has 0 heterocycles. The van der Waals surface area contributed by atoms with E-state index >= 15 is 0 Å². The van der Waals surface area contributed by atoms with Crippen LogP contribution in [-0.2, 0) is 4.57 Å². The molecule has 0 N–H and O–H groups in total. The summed E-state index contributed by atoms with van der Waals surface area (Å²) in [6.45, 7) is 0. The first-order valence-electron chi connectivity index (χ1n) is 3.29. The second kappa shape index (κ2) is 3.70. The van der Waals surface area contributed by atoms with Gasteiger partial charge < -0.3 is 19.1 Å². The number of ether oxygens (including phenoxy) is 1. The number of hydrogen-bond donors (Lipinski definition) is 0. The van der Waals surface area contributed by atoms with Crippen LogP contribution in [0, 0.1) is 0 Å². The molecule has 0 atom stereocenters. The Hall–Kier alpha value is -1.16. The summed E-state index contributed by atoms with van der Waals surface area (Å²) in [6.07, 6.45) is 0. The van der Waals surface area contributed by atoms with Gasteiger partial charge >= 0.3 is 5.71 Å². The summed E-state index contributed by atoms with van der Waals surface area (Å²) in [7, 11) is -5.28. The van der Waals surface area contributed by atoms with E-state index in [2.05, 4.69) is 4.74 Å². The fourth-order valence-electron chi connectivity index (χ4n) is 0.645. The van der Waals surface area contributed by atoms with E-state index in [1.54, 1.807) is 18.2 Å². The summed E-state index contributed by atoms with van der Waals surface area (Å²) >= 11 is 0. The van der Waals surface area contributed by atoms with Crippen LogP contribution in [0.4, 0.5) is 4.79 Å². The zero-order valence-electron chi connectivity index (χ0n) is 6.38. The topological polar surface area (TPSA) is 89.5 Å². The third-order valence-corrected chi connectivity index (χ3v) is 1.71. The third-order valence-electron chi connectivity index (χ3n) is 1.17. The van der Waals surface area contributed by atoms with Crippen LogP contribution < -0.4 is 14.5 Å². The monoisotopic (exact) mass is 200 g/mol. The molecule has 0 spiro atoms. The molecule has 0 aliphatic rings. The molecule has 1 aromatic carbocycles. The molecule has 70 valence electrons. The quantitative estimate of drug-likeness (QED) is 0.631. The maximum absolute atomic E-state index is 10.5. The Morgan fingerprint density at radius 1 is 1.23 bits per heavy atom. The highest BCUT2D eigenvalue weighted by Crippen LogP contribution is 2.27. The maximum atomic E-state index is 10.5. The van der Waals surface area contributed by atoms with Crippen molar-refractivity contribution in [3.05, 3.63) is 30.3 Å². The second-order valence-electron chi connectivity index (χ2n) is 2.18. The van der Waals surface area contributed by atoms with Gasteiger partial charge in [-0.25, -0.2) is 4.79 Å². The van der Waals surface area contributed by atoms with E-state index < -0.39 is 13.3 Å². The van der Waals surface area contributed by atoms with Gasteiger partial charge in [-0.05, 0) is 12.1 Å². The molecular formula is C7H5O5P-2. The zero-order valence-corrected chi connectivity index (χ0v) is 7.27. The van der Waals surface area contributed by atoms with Crippen LogP contribution in [0.25, 0.3) is 0 Å². The van der Waals surface area contributed by atoms with Crippen molar-refractivity contribution in [3.8, 4) is 5.75 Å². The van der Waals surface area contributed by atoms with Crippen molar-refractivity contribution >= 4 is 13.3 Å². The van der Waals surface area contributed by atoms with Crippen LogP contribution in [0.15, 0.2) is 30.3 Å². The molecule has 6 heteroatoms. The standard InChI is InChI=1S/C7H7O5P/c8-7(13(9,10)11)12-6-4-2-1-3-5-6/h1-5H,(H2,9,10,11)/p-2. The first-order valence-corrected chi connectivity index (χ1v) is 4.84. The van der Waals surface area contributed by atoms with Crippen molar-refractivity contribution in [1.29, 1.82) is 0 Å². The third kappa shape index (κ3) is 2.99. The summed E-state index contributed by atoms with van der Waals surface area (Å²) in [5.41, 5.74) is -1.77. The molecule has 0 saturated heterocycles. The minimum atomic E-state index is -5.28. The van der Waals surface area contributed by atoms with Crippen molar-refractivity contribution < 1.29 is 23.9 Å². The Morgan fingerprint density at radius 2 is 1.77 bits per heavy atom. The highest BCUT2D eigenvalue weighted by atomic mass is 31.2. The second-order valence-corrected chi connectivity index (χ2v) is 3.54. The van der Waals surface area contributed by atoms with E-state index in [4.69, 9.17) is 0 Å². The Labute approximate surface area is 74.1 Å². The van der Waals surface area contributed by atoms with Gasteiger partial charge in [-0.3, -0.25) is 0 Å². The molecule has 0 saturated carbocycles. The number of benzene rings is 1. The Balaban J connectivity index is 2.72. The van der Waals surface area contributed by atoms with Gasteiger partial charge in [-0.2, -0.15) is 0 Å². The smallest absolute Gasteiger partial charge is 0.339 e. The molecule has 0 aliphatic heterocycles. The van der Waals surface area contributed by atoms with Crippen molar-refractivity contribution in [2.45, 2.75) is 0 Å². The van der Waals surface area contributed by atoms with E-state index in [1.165, 1.54) is 12.1 Å². The fourth-order valence-corrected chi connectivity index (χ4v) is 0.862. The molecule has 5 nitrogen and oxygen atoms in total. The fraction of sp³-hybridized carbons (Fsp3) is 0. The predicted molar refractivity (Wildman–Crippen MR) is 40.1 cm³/mol. The Bertz CT molecular complexity index is 341. The maximum Gasteiger partial charge on any atom is 0.339 e. The molecule has 13 heavy (non-hydrogen) atoms. The van der Waals surface area contributed by atoms with Crippen LogP contribution in [0.5, 0.6) is 5.75 Å². The molecule has 1 aromatic rings. The highest BCUT2D eigenvalue weighted by molar-refractivity contribution is 7.67. The van der Waals surface area contributed by atoms with Gasteiger partial charge in [0.15, 0.2) is 0 Å². The molecule has 0 fully saturated rings. The van der Waals surface area contributed by atoms with E-state index in [9.17, 15) is 19.1 Å². The van der Waals surface area contributed by atoms with Gasteiger partial charge in [0.2, 0.25) is 0 Å². The first kappa shape index (κ1) is 9.92. The molecule has 0 amide bonds. The summed E-state index contributed by atoms with van der Waals surface area (Å²) < 4.78 is 14.4. The molecule has 0 radical (unpaired) electrons. The molecule has 0 bridgehead atoms. The molecular weight excluding hydrogens is 195 g/mol. The minimum Gasteiger partial charge on any atom is -0.803 e. The largest absolute Gasteiger partial charge is 0.803 e. The summed E-state index contributed by atoms with van der Waals surface area (Å²) in [4.78, 5) is 30.8. The number of carbonyl (C=O) groups is 1.